The molecule has 0 saturated carbocycles. The number of anilines is 1. The van der Waals surface area contributed by atoms with E-state index >= 15 is 0 Å². The van der Waals surface area contributed by atoms with Gasteiger partial charge in [0, 0.05) is 5.56 Å². The molecule has 0 aliphatic heterocycles. The van der Waals surface area contributed by atoms with Gasteiger partial charge in [0.2, 0.25) is 5.89 Å². The van der Waals surface area contributed by atoms with Crippen molar-refractivity contribution in [3.8, 4) is 28.7 Å². The van der Waals surface area contributed by atoms with Gasteiger partial charge in [-0.3, -0.25) is 10.1 Å². The van der Waals surface area contributed by atoms with Gasteiger partial charge in [-0.15, -0.1) is 5.10 Å². The summed E-state index contributed by atoms with van der Waals surface area (Å²) in [6.45, 7) is -0.169. The Hall–Kier alpha value is -3.55. The fraction of sp³-hybridized carbons (Fsp3) is 0.167. The van der Waals surface area contributed by atoms with Gasteiger partial charge in [0.05, 0.1) is 14.2 Å². The van der Waals surface area contributed by atoms with Crippen molar-refractivity contribution < 1.29 is 23.4 Å². The average Bonchev–Trinajstić information content (AvgIpc) is 3.15. The summed E-state index contributed by atoms with van der Waals surface area (Å²) < 4.78 is 21.2. The molecule has 0 aliphatic carbocycles. The first-order valence-corrected chi connectivity index (χ1v) is 7.73. The SMILES string of the molecule is COc1ccc(-c2nnc(NC(=O)COc3ccccc3)o2)cc1OC. The second kappa shape index (κ2) is 8.02. The molecule has 8 nitrogen and oxygen atoms in total. The number of carbonyl (C=O) groups excluding carboxylic acids is 1. The zero-order chi connectivity index (χ0) is 18.4. The van der Waals surface area contributed by atoms with Gasteiger partial charge in [-0.05, 0) is 30.3 Å². The molecule has 0 fully saturated rings. The molecule has 3 rings (SSSR count). The number of hydrogen-bond acceptors (Lipinski definition) is 7. The highest BCUT2D eigenvalue weighted by atomic mass is 16.5. The maximum absolute atomic E-state index is 11.9. The van der Waals surface area contributed by atoms with Gasteiger partial charge < -0.3 is 18.6 Å². The standard InChI is InChI=1S/C18H17N3O5/c1-23-14-9-8-12(10-15(14)24-2)17-20-21-18(26-17)19-16(22)11-25-13-6-4-3-5-7-13/h3-10H,11H2,1-2H3,(H,19,21,22). The van der Waals surface area contributed by atoms with Crippen molar-refractivity contribution in [1.82, 2.24) is 10.2 Å². The number of carbonyl (C=O) groups is 1. The summed E-state index contributed by atoms with van der Waals surface area (Å²) in [5.74, 6) is 1.55. The molecular weight excluding hydrogens is 338 g/mol. The van der Waals surface area contributed by atoms with E-state index in [1.165, 1.54) is 7.11 Å². The molecule has 0 radical (unpaired) electrons. The maximum atomic E-state index is 11.9. The Morgan fingerprint density at radius 3 is 2.54 bits per heavy atom. The molecule has 0 spiro atoms. The minimum atomic E-state index is -0.406. The van der Waals surface area contributed by atoms with Crippen LogP contribution in [-0.4, -0.2) is 36.9 Å². The van der Waals surface area contributed by atoms with Gasteiger partial charge in [0.25, 0.3) is 5.91 Å². The average molecular weight is 355 g/mol. The molecule has 0 atom stereocenters. The molecule has 1 amide bonds. The normalized spacial score (nSPS) is 10.2. The molecule has 3 aromatic rings. The lowest BCUT2D eigenvalue weighted by molar-refractivity contribution is -0.118. The van der Waals surface area contributed by atoms with E-state index in [0.29, 0.717) is 22.8 Å². The zero-order valence-corrected chi connectivity index (χ0v) is 14.3. The monoisotopic (exact) mass is 355 g/mol. The van der Waals surface area contributed by atoms with E-state index in [2.05, 4.69) is 15.5 Å². The molecule has 0 aliphatic rings. The number of para-hydroxylation sites is 1. The van der Waals surface area contributed by atoms with Gasteiger partial charge in [0.1, 0.15) is 5.75 Å². The van der Waals surface area contributed by atoms with E-state index in [-0.39, 0.29) is 18.5 Å². The molecule has 0 saturated heterocycles. The number of ether oxygens (including phenoxy) is 3. The van der Waals surface area contributed by atoms with Crippen molar-refractivity contribution in [2.24, 2.45) is 0 Å². The second-order valence-electron chi connectivity index (χ2n) is 5.13. The fourth-order valence-electron chi connectivity index (χ4n) is 2.18. The zero-order valence-electron chi connectivity index (χ0n) is 14.3. The lowest BCUT2D eigenvalue weighted by atomic mass is 10.2. The Morgan fingerprint density at radius 1 is 1.04 bits per heavy atom. The van der Waals surface area contributed by atoms with Crippen molar-refractivity contribution in [2.45, 2.75) is 0 Å². The Morgan fingerprint density at radius 2 is 1.81 bits per heavy atom. The number of hydrogen-bond donors (Lipinski definition) is 1. The van der Waals surface area contributed by atoms with Gasteiger partial charge in [0.15, 0.2) is 18.1 Å². The van der Waals surface area contributed by atoms with Crippen molar-refractivity contribution in [3.05, 3.63) is 48.5 Å². The number of nitrogens with zero attached hydrogens (tertiary/aromatic N) is 2. The van der Waals surface area contributed by atoms with Crippen LogP contribution in [-0.2, 0) is 4.79 Å². The smallest absolute Gasteiger partial charge is 0.322 e. The van der Waals surface area contributed by atoms with Gasteiger partial charge in [-0.25, -0.2) is 0 Å². The van der Waals surface area contributed by atoms with Crippen LogP contribution < -0.4 is 19.5 Å². The van der Waals surface area contributed by atoms with Crippen molar-refractivity contribution in [2.75, 3.05) is 26.1 Å². The second-order valence-corrected chi connectivity index (χ2v) is 5.13. The van der Waals surface area contributed by atoms with Crippen molar-refractivity contribution in [3.63, 3.8) is 0 Å². The number of benzene rings is 2. The molecule has 1 aromatic heterocycles. The number of amides is 1. The summed E-state index contributed by atoms with van der Waals surface area (Å²) in [4.78, 5) is 11.9. The number of nitrogens with one attached hydrogen (secondary N) is 1. The topological polar surface area (TPSA) is 95.7 Å². The van der Waals surface area contributed by atoms with Crippen LogP contribution >= 0.6 is 0 Å². The van der Waals surface area contributed by atoms with Crippen LogP contribution in [0.4, 0.5) is 6.01 Å². The third-order valence-electron chi connectivity index (χ3n) is 3.41. The first-order valence-electron chi connectivity index (χ1n) is 7.73. The van der Waals surface area contributed by atoms with E-state index in [1.54, 1.807) is 37.4 Å². The third-order valence-corrected chi connectivity index (χ3v) is 3.41. The van der Waals surface area contributed by atoms with Crippen LogP contribution in [0.2, 0.25) is 0 Å². The Labute approximate surface area is 149 Å². The predicted molar refractivity (Wildman–Crippen MR) is 93.4 cm³/mol. The third kappa shape index (κ3) is 4.10. The van der Waals surface area contributed by atoms with Crippen LogP contribution in [0.25, 0.3) is 11.5 Å². The largest absolute Gasteiger partial charge is 0.493 e. The minimum absolute atomic E-state index is 0.0172. The summed E-state index contributed by atoms with van der Waals surface area (Å²) in [5, 5.41) is 10.2. The molecule has 0 bridgehead atoms. The van der Waals surface area contributed by atoms with Crippen LogP contribution in [0.3, 0.4) is 0 Å². The lowest BCUT2D eigenvalue weighted by Gasteiger charge is -2.07. The first-order chi connectivity index (χ1) is 12.7. The van der Waals surface area contributed by atoms with Crippen LogP contribution in [0.15, 0.2) is 52.9 Å². The van der Waals surface area contributed by atoms with Gasteiger partial charge in [-0.2, -0.15) is 0 Å². The van der Waals surface area contributed by atoms with Crippen LogP contribution in [0.1, 0.15) is 0 Å². The van der Waals surface area contributed by atoms with Crippen LogP contribution in [0.5, 0.6) is 17.2 Å². The highest BCUT2D eigenvalue weighted by molar-refractivity contribution is 5.89. The predicted octanol–water partition coefficient (Wildman–Crippen LogP) is 2.77. The molecule has 134 valence electrons. The van der Waals surface area contributed by atoms with E-state index in [4.69, 9.17) is 18.6 Å². The summed E-state index contributed by atoms with van der Waals surface area (Å²) in [5.41, 5.74) is 0.635. The number of aromatic nitrogens is 2. The number of methoxy groups -OCH3 is 2. The summed E-state index contributed by atoms with van der Waals surface area (Å²) in [6.07, 6.45) is 0. The maximum Gasteiger partial charge on any atom is 0.322 e. The van der Waals surface area contributed by atoms with Crippen molar-refractivity contribution in [1.29, 1.82) is 0 Å². The molecule has 1 heterocycles. The Kier molecular flexibility index (Phi) is 5.33. The molecule has 1 N–H and O–H groups in total. The number of rotatable bonds is 7. The van der Waals surface area contributed by atoms with Gasteiger partial charge in [-0.1, -0.05) is 23.3 Å². The highest BCUT2D eigenvalue weighted by Crippen LogP contribution is 2.32. The molecule has 8 heteroatoms. The van der Waals surface area contributed by atoms with E-state index < -0.39 is 5.91 Å². The highest BCUT2D eigenvalue weighted by Gasteiger charge is 2.14. The van der Waals surface area contributed by atoms with Gasteiger partial charge >= 0.3 is 6.01 Å². The molecule has 0 unspecified atom stereocenters. The Bertz CT molecular complexity index is 880. The lowest BCUT2D eigenvalue weighted by Crippen LogP contribution is -2.20. The molecule has 2 aromatic carbocycles. The Balaban J connectivity index is 1.63. The van der Waals surface area contributed by atoms with Crippen LogP contribution in [0, 0.1) is 0 Å². The summed E-state index contributed by atoms with van der Waals surface area (Å²) >= 11 is 0. The van der Waals surface area contributed by atoms with E-state index in [1.807, 2.05) is 18.2 Å². The summed E-state index contributed by atoms with van der Waals surface area (Å²) in [6, 6.07) is 14.2. The fourth-order valence-corrected chi connectivity index (χ4v) is 2.18. The minimum Gasteiger partial charge on any atom is -0.493 e. The molecule has 26 heavy (non-hydrogen) atoms. The van der Waals surface area contributed by atoms with Crippen molar-refractivity contribution >= 4 is 11.9 Å². The van der Waals surface area contributed by atoms with E-state index in [9.17, 15) is 4.79 Å². The first kappa shape index (κ1) is 17.3. The molecular formula is C18H17N3O5. The summed E-state index contributed by atoms with van der Waals surface area (Å²) in [7, 11) is 3.09. The van der Waals surface area contributed by atoms with E-state index in [0.717, 1.165) is 0 Å². The quantitative estimate of drug-likeness (QED) is 0.696.